The van der Waals surface area contributed by atoms with Gasteiger partial charge in [-0.15, -0.1) is 6.58 Å². The molecule has 0 aromatic carbocycles. The van der Waals surface area contributed by atoms with Crippen LogP contribution in [0.15, 0.2) is 24.8 Å². The van der Waals surface area contributed by atoms with Crippen LogP contribution in [0.2, 0.25) is 6.04 Å². The van der Waals surface area contributed by atoms with Gasteiger partial charge in [0.25, 0.3) is 0 Å². The van der Waals surface area contributed by atoms with E-state index >= 15 is 0 Å². The number of allylic oxidation sites excluding steroid dienone is 3. The molecular weight excluding hydrogens is 100 g/mol. The van der Waals surface area contributed by atoms with Crippen molar-refractivity contribution in [2.45, 2.75) is 12.5 Å². The first-order valence-electron chi connectivity index (χ1n) is 2.67. The Morgan fingerprint density at radius 3 is 2.57 bits per heavy atom. The summed E-state index contributed by atoms with van der Waals surface area (Å²) in [4.78, 5) is 0. The molecule has 0 heterocycles. The molecule has 0 rings (SSSR count). The summed E-state index contributed by atoms with van der Waals surface area (Å²) in [6, 6.07) is 1.27. The molecule has 0 N–H and O–H groups in total. The van der Waals surface area contributed by atoms with E-state index in [1.165, 1.54) is 16.3 Å². The van der Waals surface area contributed by atoms with Crippen LogP contribution < -0.4 is 0 Å². The van der Waals surface area contributed by atoms with Crippen LogP contribution >= 0.6 is 0 Å². The molecule has 0 aliphatic carbocycles. The van der Waals surface area contributed by atoms with E-state index in [0.717, 1.165) is 6.42 Å². The van der Waals surface area contributed by atoms with Gasteiger partial charge in [-0.2, -0.15) is 0 Å². The van der Waals surface area contributed by atoms with Gasteiger partial charge in [-0.05, 0) is 12.5 Å². The Bertz CT molecular complexity index is 64.6. The maximum absolute atomic E-state index is 3.59. The summed E-state index contributed by atoms with van der Waals surface area (Å²) in [6.07, 6.45) is 7.30. The minimum atomic E-state index is 1.03. The molecule has 7 heavy (non-hydrogen) atoms. The molecule has 0 spiro atoms. The summed E-state index contributed by atoms with van der Waals surface area (Å²) >= 11 is 0. The standard InChI is InChI=1S/C6H12Si/c1-2-3-4-5-6-7/h2,4-5H,1,3,6H2,7H3. The molecule has 0 saturated carbocycles. The quantitative estimate of drug-likeness (QED) is 0.376. The Labute approximate surface area is 48.4 Å². The van der Waals surface area contributed by atoms with Gasteiger partial charge in [-0.25, -0.2) is 0 Å². The average Bonchev–Trinajstić information content (AvgIpc) is 1.69. The van der Waals surface area contributed by atoms with Crippen molar-refractivity contribution < 1.29 is 0 Å². The van der Waals surface area contributed by atoms with Gasteiger partial charge in [0.05, 0.1) is 0 Å². The first kappa shape index (κ1) is 6.70. The van der Waals surface area contributed by atoms with Crippen molar-refractivity contribution in [2.24, 2.45) is 0 Å². The van der Waals surface area contributed by atoms with E-state index in [1.807, 2.05) is 6.08 Å². The minimum Gasteiger partial charge on any atom is -0.103 e. The summed E-state index contributed by atoms with van der Waals surface area (Å²) < 4.78 is 0. The molecule has 0 bridgehead atoms. The van der Waals surface area contributed by atoms with Crippen LogP contribution in [0.3, 0.4) is 0 Å². The molecule has 0 atom stereocenters. The molecule has 1 heteroatoms. The van der Waals surface area contributed by atoms with E-state index < -0.39 is 0 Å². The highest BCUT2D eigenvalue weighted by molar-refractivity contribution is 6.09. The van der Waals surface area contributed by atoms with Gasteiger partial charge in [-0.1, -0.05) is 18.2 Å². The summed E-state index contributed by atoms with van der Waals surface area (Å²) in [6.45, 7) is 3.59. The second-order valence-electron chi connectivity index (χ2n) is 1.40. The molecule has 0 aromatic heterocycles. The lowest BCUT2D eigenvalue weighted by Crippen LogP contribution is -1.57. The first-order valence-corrected chi connectivity index (χ1v) is 4.09. The molecule has 0 saturated heterocycles. The van der Waals surface area contributed by atoms with Gasteiger partial charge in [0.2, 0.25) is 0 Å². The van der Waals surface area contributed by atoms with Crippen molar-refractivity contribution in [3.8, 4) is 0 Å². The van der Waals surface area contributed by atoms with E-state index in [0.29, 0.717) is 0 Å². The molecule has 40 valence electrons. The van der Waals surface area contributed by atoms with E-state index in [9.17, 15) is 0 Å². The van der Waals surface area contributed by atoms with Gasteiger partial charge in [-0.3, -0.25) is 0 Å². The maximum atomic E-state index is 3.59. The summed E-state index contributed by atoms with van der Waals surface area (Å²) in [7, 11) is 1.28. The second kappa shape index (κ2) is 5.70. The molecule has 0 radical (unpaired) electrons. The molecule has 0 aliphatic rings. The smallest absolute Gasteiger partial charge is 0.00754 e. The van der Waals surface area contributed by atoms with Crippen LogP contribution in [-0.4, -0.2) is 10.2 Å². The zero-order valence-electron chi connectivity index (χ0n) is 4.85. The Hall–Kier alpha value is -0.303. The van der Waals surface area contributed by atoms with Crippen LogP contribution in [0.4, 0.5) is 0 Å². The third-order valence-electron chi connectivity index (χ3n) is 0.705. The van der Waals surface area contributed by atoms with Gasteiger partial charge in [0, 0.05) is 10.2 Å². The van der Waals surface area contributed by atoms with Crippen molar-refractivity contribution in [1.29, 1.82) is 0 Å². The summed E-state index contributed by atoms with van der Waals surface area (Å²) in [5.41, 5.74) is 0. The Balaban J connectivity index is 2.92. The highest BCUT2D eigenvalue weighted by Crippen LogP contribution is 1.83. The highest BCUT2D eigenvalue weighted by Gasteiger charge is 1.63. The normalized spacial score (nSPS) is 10.3. The third-order valence-corrected chi connectivity index (χ3v) is 1.18. The topological polar surface area (TPSA) is 0 Å². The minimum absolute atomic E-state index is 1.03. The lowest BCUT2D eigenvalue weighted by Gasteiger charge is -1.75. The SMILES string of the molecule is C=CCC=CC[SiH3]. The van der Waals surface area contributed by atoms with Crippen molar-refractivity contribution in [3.63, 3.8) is 0 Å². The number of hydrogen-bond acceptors (Lipinski definition) is 0. The van der Waals surface area contributed by atoms with Crippen LogP contribution in [0, 0.1) is 0 Å². The third kappa shape index (κ3) is 5.70. The Morgan fingerprint density at radius 2 is 2.14 bits per heavy atom. The van der Waals surface area contributed by atoms with E-state index in [4.69, 9.17) is 0 Å². The molecule has 0 nitrogen and oxygen atoms in total. The zero-order chi connectivity index (χ0) is 5.54. The monoisotopic (exact) mass is 112 g/mol. The summed E-state index contributed by atoms with van der Waals surface area (Å²) in [5, 5.41) is 0. The van der Waals surface area contributed by atoms with Gasteiger partial charge >= 0.3 is 0 Å². The van der Waals surface area contributed by atoms with Crippen LogP contribution in [0.1, 0.15) is 6.42 Å². The van der Waals surface area contributed by atoms with Crippen molar-refractivity contribution in [1.82, 2.24) is 0 Å². The van der Waals surface area contributed by atoms with E-state index in [-0.39, 0.29) is 0 Å². The fourth-order valence-electron chi connectivity index (χ4n) is 0.359. The molecule has 0 amide bonds. The summed E-state index contributed by atoms with van der Waals surface area (Å²) in [5.74, 6) is 0. The molecular formula is C6H12Si. The zero-order valence-corrected chi connectivity index (χ0v) is 6.85. The number of hydrogen-bond donors (Lipinski definition) is 0. The van der Waals surface area contributed by atoms with E-state index in [2.05, 4.69) is 18.7 Å². The largest absolute Gasteiger partial charge is 0.103 e. The van der Waals surface area contributed by atoms with Crippen LogP contribution in [0.25, 0.3) is 0 Å². The van der Waals surface area contributed by atoms with Gasteiger partial charge < -0.3 is 0 Å². The second-order valence-corrected chi connectivity index (χ2v) is 2.22. The Morgan fingerprint density at radius 1 is 1.43 bits per heavy atom. The van der Waals surface area contributed by atoms with Gasteiger partial charge in [0.1, 0.15) is 0 Å². The van der Waals surface area contributed by atoms with Crippen molar-refractivity contribution >= 4 is 10.2 Å². The predicted octanol–water partition coefficient (Wildman–Crippen LogP) is 0.902. The van der Waals surface area contributed by atoms with Crippen LogP contribution in [0.5, 0.6) is 0 Å². The van der Waals surface area contributed by atoms with Crippen LogP contribution in [-0.2, 0) is 0 Å². The maximum Gasteiger partial charge on any atom is 0.00754 e. The first-order chi connectivity index (χ1) is 3.41. The molecule has 0 aromatic rings. The fourth-order valence-corrected chi connectivity index (χ4v) is 0.692. The molecule has 0 unspecified atom stereocenters. The molecule has 0 fully saturated rings. The lowest BCUT2D eigenvalue weighted by molar-refractivity contribution is 1.39. The van der Waals surface area contributed by atoms with Crippen molar-refractivity contribution in [3.05, 3.63) is 24.8 Å². The predicted molar refractivity (Wildman–Crippen MR) is 38.7 cm³/mol. The fraction of sp³-hybridized carbons (Fsp3) is 0.333. The van der Waals surface area contributed by atoms with Crippen molar-refractivity contribution in [2.75, 3.05) is 0 Å². The van der Waals surface area contributed by atoms with E-state index in [1.54, 1.807) is 0 Å². The van der Waals surface area contributed by atoms with Gasteiger partial charge in [0.15, 0.2) is 0 Å². The highest BCUT2D eigenvalue weighted by atomic mass is 28.1. The number of rotatable bonds is 3. The molecule has 0 aliphatic heterocycles. The lowest BCUT2D eigenvalue weighted by atomic mass is 10.4. The average molecular weight is 112 g/mol. The Kier molecular flexibility index (Phi) is 5.45.